The second-order valence-electron chi connectivity index (χ2n) is 8.85. The van der Waals surface area contributed by atoms with Gasteiger partial charge in [0.25, 0.3) is 0 Å². The number of carbonyl (C=O) groups excluding carboxylic acids is 1. The summed E-state index contributed by atoms with van der Waals surface area (Å²) in [6.45, 7) is 0.470. The minimum atomic E-state index is -0.217. The SMILES string of the molecule is COc1ccc2c(c1)c(-c1cc3cccnc3[nH]1)cn2CC(=O)Nc1ncccc1OCc1ccccc1. The largest absolute Gasteiger partial charge is 0.497 e. The number of amides is 1. The van der Waals surface area contributed by atoms with Crippen molar-refractivity contribution in [3.63, 3.8) is 0 Å². The first-order valence-electron chi connectivity index (χ1n) is 12.2. The quantitative estimate of drug-likeness (QED) is 0.274. The standard InChI is InChI=1S/C30H25N5O3/c1-37-22-11-12-26-23(16-22)24(25-15-21-9-5-13-31-29(21)33-25)17-35(26)18-28(36)34-30-27(10-6-14-32-30)38-19-20-7-3-2-4-8-20/h2-17H,18-19H2,1H3,(H,31,33)(H,32,34,36). The van der Waals surface area contributed by atoms with Gasteiger partial charge in [0.15, 0.2) is 11.6 Å². The minimum Gasteiger partial charge on any atom is -0.497 e. The van der Waals surface area contributed by atoms with E-state index in [2.05, 4.69) is 26.3 Å². The van der Waals surface area contributed by atoms with E-state index in [-0.39, 0.29) is 12.5 Å². The second kappa shape index (κ2) is 10.1. The smallest absolute Gasteiger partial charge is 0.245 e. The van der Waals surface area contributed by atoms with Gasteiger partial charge in [0.2, 0.25) is 5.91 Å². The van der Waals surface area contributed by atoms with E-state index in [1.54, 1.807) is 31.6 Å². The zero-order valence-electron chi connectivity index (χ0n) is 20.7. The molecule has 0 fully saturated rings. The van der Waals surface area contributed by atoms with Crippen LogP contribution in [0, 0.1) is 0 Å². The lowest BCUT2D eigenvalue weighted by Gasteiger charge is -2.12. The summed E-state index contributed by atoms with van der Waals surface area (Å²) in [7, 11) is 1.64. The van der Waals surface area contributed by atoms with Crippen molar-refractivity contribution in [1.82, 2.24) is 19.5 Å². The Morgan fingerprint density at radius 1 is 0.974 bits per heavy atom. The number of anilines is 1. The Balaban J connectivity index is 1.27. The molecule has 2 N–H and O–H groups in total. The van der Waals surface area contributed by atoms with Crippen LogP contribution in [-0.2, 0) is 17.9 Å². The Bertz CT molecular complexity index is 1710. The molecule has 4 heterocycles. The molecule has 8 heteroatoms. The van der Waals surface area contributed by atoms with E-state index >= 15 is 0 Å². The Hall–Kier alpha value is -5.11. The highest BCUT2D eigenvalue weighted by atomic mass is 16.5. The summed E-state index contributed by atoms with van der Waals surface area (Å²) in [6, 6.07) is 25.2. The minimum absolute atomic E-state index is 0.0933. The molecular weight excluding hydrogens is 478 g/mol. The van der Waals surface area contributed by atoms with Crippen LogP contribution in [0.5, 0.6) is 11.5 Å². The van der Waals surface area contributed by atoms with Crippen LogP contribution in [0.4, 0.5) is 5.82 Å². The molecule has 0 saturated heterocycles. The number of hydrogen-bond donors (Lipinski definition) is 2. The molecule has 2 aromatic carbocycles. The molecule has 0 aliphatic heterocycles. The molecule has 4 aromatic heterocycles. The molecule has 0 radical (unpaired) electrons. The van der Waals surface area contributed by atoms with Gasteiger partial charge < -0.3 is 24.3 Å². The van der Waals surface area contributed by atoms with Crippen LogP contribution in [0.1, 0.15) is 5.56 Å². The summed E-state index contributed by atoms with van der Waals surface area (Å²) in [6.07, 6.45) is 5.36. The highest BCUT2D eigenvalue weighted by Gasteiger charge is 2.17. The summed E-state index contributed by atoms with van der Waals surface area (Å²) in [5, 5.41) is 4.90. The molecule has 6 aromatic rings. The maximum absolute atomic E-state index is 13.2. The van der Waals surface area contributed by atoms with Crippen molar-refractivity contribution in [2.75, 3.05) is 12.4 Å². The summed E-state index contributed by atoms with van der Waals surface area (Å²) >= 11 is 0. The number of aromatic nitrogens is 4. The third-order valence-corrected chi connectivity index (χ3v) is 6.35. The Morgan fingerprint density at radius 2 is 1.82 bits per heavy atom. The fraction of sp³-hybridized carbons (Fsp3) is 0.100. The number of nitrogens with zero attached hydrogens (tertiary/aromatic N) is 3. The van der Waals surface area contributed by atoms with Crippen LogP contribution < -0.4 is 14.8 Å². The van der Waals surface area contributed by atoms with Crippen LogP contribution in [0.3, 0.4) is 0 Å². The Morgan fingerprint density at radius 3 is 2.66 bits per heavy atom. The Kier molecular flexibility index (Phi) is 6.19. The lowest BCUT2D eigenvalue weighted by Crippen LogP contribution is -2.19. The first kappa shape index (κ1) is 23.3. The van der Waals surface area contributed by atoms with Crippen molar-refractivity contribution in [3.8, 4) is 22.8 Å². The van der Waals surface area contributed by atoms with Gasteiger partial charge in [-0.15, -0.1) is 0 Å². The molecule has 38 heavy (non-hydrogen) atoms. The summed E-state index contributed by atoms with van der Waals surface area (Å²) in [5.74, 6) is 1.42. The molecule has 0 aliphatic rings. The Labute approximate surface area is 218 Å². The number of hydrogen-bond acceptors (Lipinski definition) is 5. The third kappa shape index (κ3) is 4.67. The van der Waals surface area contributed by atoms with Crippen molar-refractivity contribution >= 4 is 33.7 Å². The topological polar surface area (TPSA) is 94.1 Å². The lowest BCUT2D eigenvalue weighted by atomic mass is 10.1. The van der Waals surface area contributed by atoms with E-state index in [0.717, 1.165) is 44.5 Å². The van der Waals surface area contributed by atoms with E-state index in [1.807, 2.05) is 71.4 Å². The third-order valence-electron chi connectivity index (χ3n) is 6.35. The van der Waals surface area contributed by atoms with Gasteiger partial charge in [-0.05, 0) is 54.1 Å². The number of carbonyl (C=O) groups is 1. The summed E-state index contributed by atoms with van der Waals surface area (Å²) < 4.78 is 13.4. The molecule has 188 valence electrons. The predicted molar refractivity (Wildman–Crippen MR) is 147 cm³/mol. The number of H-pyrrole nitrogens is 1. The van der Waals surface area contributed by atoms with Gasteiger partial charge in [-0.1, -0.05) is 30.3 Å². The number of ether oxygens (including phenoxy) is 2. The molecule has 0 saturated carbocycles. The fourth-order valence-corrected chi connectivity index (χ4v) is 4.51. The van der Waals surface area contributed by atoms with E-state index in [0.29, 0.717) is 18.2 Å². The van der Waals surface area contributed by atoms with Crippen molar-refractivity contribution < 1.29 is 14.3 Å². The number of nitrogens with one attached hydrogen (secondary N) is 2. The number of pyridine rings is 2. The molecule has 0 spiro atoms. The van der Waals surface area contributed by atoms with E-state index in [4.69, 9.17) is 9.47 Å². The number of fused-ring (bicyclic) bond motifs is 2. The average molecular weight is 504 g/mol. The molecular formula is C30H25N5O3. The van der Waals surface area contributed by atoms with Crippen LogP contribution in [0.15, 0.2) is 97.5 Å². The fourth-order valence-electron chi connectivity index (χ4n) is 4.51. The van der Waals surface area contributed by atoms with E-state index < -0.39 is 0 Å². The summed E-state index contributed by atoms with van der Waals surface area (Å²) in [4.78, 5) is 25.3. The normalized spacial score (nSPS) is 11.1. The molecule has 6 rings (SSSR count). The van der Waals surface area contributed by atoms with Crippen LogP contribution in [0.25, 0.3) is 33.2 Å². The maximum Gasteiger partial charge on any atom is 0.245 e. The highest BCUT2D eigenvalue weighted by Crippen LogP contribution is 2.34. The van der Waals surface area contributed by atoms with Crippen molar-refractivity contribution in [1.29, 1.82) is 0 Å². The summed E-state index contributed by atoms with van der Waals surface area (Å²) in [5.41, 5.74) is 4.61. The first-order valence-corrected chi connectivity index (χ1v) is 12.2. The van der Waals surface area contributed by atoms with Crippen molar-refractivity contribution in [2.24, 2.45) is 0 Å². The molecule has 0 aliphatic carbocycles. The monoisotopic (exact) mass is 503 g/mol. The van der Waals surface area contributed by atoms with Crippen LogP contribution >= 0.6 is 0 Å². The zero-order chi connectivity index (χ0) is 25.9. The first-order chi connectivity index (χ1) is 18.7. The molecule has 1 amide bonds. The van der Waals surface area contributed by atoms with Gasteiger partial charge in [-0.25, -0.2) is 9.97 Å². The maximum atomic E-state index is 13.2. The molecule has 0 bridgehead atoms. The highest BCUT2D eigenvalue weighted by molar-refractivity contribution is 6.00. The van der Waals surface area contributed by atoms with E-state index in [1.165, 1.54) is 0 Å². The lowest BCUT2D eigenvalue weighted by molar-refractivity contribution is -0.116. The average Bonchev–Trinajstić information content (AvgIpc) is 3.54. The van der Waals surface area contributed by atoms with Gasteiger partial charge in [0.1, 0.15) is 24.5 Å². The molecule has 8 nitrogen and oxygen atoms in total. The van der Waals surface area contributed by atoms with Crippen LogP contribution in [-0.4, -0.2) is 32.5 Å². The number of benzene rings is 2. The number of aromatic amines is 1. The number of rotatable bonds is 8. The van der Waals surface area contributed by atoms with Crippen molar-refractivity contribution in [3.05, 3.63) is 103 Å². The number of methoxy groups -OCH3 is 1. The van der Waals surface area contributed by atoms with E-state index in [9.17, 15) is 4.79 Å². The van der Waals surface area contributed by atoms with Crippen LogP contribution in [0.2, 0.25) is 0 Å². The van der Waals surface area contributed by atoms with Gasteiger partial charge in [-0.2, -0.15) is 0 Å². The van der Waals surface area contributed by atoms with Gasteiger partial charge >= 0.3 is 0 Å². The molecule has 0 atom stereocenters. The second-order valence-corrected chi connectivity index (χ2v) is 8.85. The molecule has 0 unspecified atom stereocenters. The van der Waals surface area contributed by atoms with Gasteiger partial charge in [0, 0.05) is 46.1 Å². The zero-order valence-corrected chi connectivity index (χ0v) is 20.7. The van der Waals surface area contributed by atoms with Crippen molar-refractivity contribution in [2.45, 2.75) is 13.2 Å². The van der Waals surface area contributed by atoms with Gasteiger partial charge in [0.05, 0.1) is 7.11 Å². The van der Waals surface area contributed by atoms with Gasteiger partial charge in [-0.3, -0.25) is 4.79 Å². The predicted octanol–water partition coefficient (Wildman–Crippen LogP) is 5.81.